The zero-order chi connectivity index (χ0) is 15.7. The van der Waals surface area contributed by atoms with Gasteiger partial charge in [-0.05, 0) is 25.0 Å². The Balaban J connectivity index is 1.98. The van der Waals surface area contributed by atoms with Gasteiger partial charge in [0.15, 0.2) is 11.5 Å². The van der Waals surface area contributed by atoms with E-state index < -0.39 is 10.0 Å². The van der Waals surface area contributed by atoms with Crippen LogP contribution in [0, 0.1) is 6.92 Å². The van der Waals surface area contributed by atoms with Crippen LogP contribution >= 0.6 is 0 Å². The molecule has 0 aliphatic carbocycles. The molecule has 1 aromatic rings. The molecular weight excluding hydrogens is 304 g/mol. The molecule has 0 radical (unpaired) electrons. The van der Waals surface area contributed by atoms with Crippen molar-refractivity contribution >= 4 is 10.0 Å². The van der Waals surface area contributed by atoms with E-state index in [2.05, 4.69) is 12.2 Å². The van der Waals surface area contributed by atoms with Gasteiger partial charge in [-0.1, -0.05) is 13.3 Å². The van der Waals surface area contributed by atoms with Gasteiger partial charge in [0.2, 0.25) is 16.8 Å². The van der Waals surface area contributed by atoms with E-state index in [0.29, 0.717) is 41.6 Å². The van der Waals surface area contributed by atoms with Crippen LogP contribution in [0.5, 0.6) is 11.5 Å². The molecule has 1 saturated heterocycles. The number of aryl methyl sites for hydroxylation is 1. The van der Waals surface area contributed by atoms with Gasteiger partial charge in [-0.2, -0.15) is 4.31 Å². The Hall–Kier alpha value is -1.31. The number of nitrogens with one attached hydrogen (secondary N) is 1. The van der Waals surface area contributed by atoms with Crippen molar-refractivity contribution in [3.8, 4) is 11.5 Å². The summed E-state index contributed by atoms with van der Waals surface area (Å²) in [7, 11) is -3.53. The average molecular weight is 326 g/mol. The summed E-state index contributed by atoms with van der Waals surface area (Å²) in [5.74, 6) is 1.12. The fraction of sp³-hybridized carbons (Fsp3) is 0.600. The molecule has 1 unspecified atom stereocenters. The minimum absolute atomic E-state index is 0.00794. The predicted molar refractivity (Wildman–Crippen MR) is 82.8 cm³/mol. The quantitative estimate of drug-likeness (QED) is 0.908. The van der Waals surface area contributed by atoms with E-state index in [0.717, 1.165) is 12.8 Å². The van der Waals surface area contributed by atoms with Crippen molar-refractivity contribution in [1.82, 2.24) is 9.62 Å². The number of hydrogen-bond donors (Lipinski definition) is 1. The van der Waals surface area contributed by atoms with Crippen molar-refractivity contribution in [2.24, 2.45) is 0 Å². The number of fused-ring (bicyclic) bond motifs is 1. The van der Waals surface area contributed by atoms with E-state index in [9.17, 15) is 8.42 Å². The lowest BCUT2D eigenvalue weighted by Crippen LogP contribution is -2.53. The van der Waals surface area contributed by atoms with Gasteiger partial charge in [-0.25, -0.2) is 8.42 Å². The number of benzene rings is 1. The molecule has 0 spiro atoms. The molecule has 0 bridgehead atoms. The van der Waals surface area contributed by atoms with Crippen molar-refractivity contribution in [3.63, 3.8) is 0 Å². The molecule has 2 aliphatic rings. The SMILES string of the molecule is CCCC1CNCCN1S(=O)(=O)c1cc2c(cc1C)OCO2. The van der Waals surface area contributed by atoms with Gasteiger partial charge in [-0.3, -0.25) is 0 Å². The van der Waals surface area contributed by atoms with Crippen LogP contribution in [0.25, 0.3) is 0 Å². The highest BCUT2D eigenvalue weighted by molar-refractivity contribution is 7.89. The third kappa shape index (κ3) is 2.68. The van der Waals surface area contributed by atoms with Crippen LogP contribution in [-0.4, -0.2) is 45.2 Å². The Bertz CT molecular complexity index is 658. The van der Waals surface area contributed by atoms with Gasteiger partial charge < -0.3 is 14.8 Å². The molecule has 2 heterocycles. The maximum absolute atomic E-state index is 13.1. The molecule has 1 atom stereocenters. The Morgan fingerprint density at radius 1 is 1.32 bits per heavy atom. The second-order valence-corrected chi connectivity index (χ2v) is 7.59. The van der Waals surface area contributed by atoms with Crippen LogP contribution in [0.15, 0.2) is 17.0 Å². The molecule has 22 heavy (non-hydrogen) atoms. The van der Waals surface area contributed by atoms with Crippen LogP contribution in [-0.2, 0) is 10.0 Å². The normalized spacial score (nSPS) is 22.0. The zero-order valence-electron chi connectivity index (χ0n) is 13.0. The third-order valence-electron chi connectivity index (χ3n) is 4.17. The monoisotopic (exact) mass is 326 g/mol. The lowest BCUT2D eigenvalue weighted by atomic mass is 10.1. The van der Waals surface area contributed by atoms with Gasteiger partial charge >= 0.3 is 0 Å². The molecule has 6 nitrogen and oxygen atoms in total. The van der Waals surface area contributed by atoms with Crippen molar-refractivity contribution in [3.05, 3.63) is 17.7 Å². The topological polar surface area (TPSA) is 67.9 Å². The van der Waals surface area contributed by atoms with E-state index in [1.165, 1.54) is 0 Å². The first kappa shape index (κ1) is 15.6. The summed E-state index contributed by atoms with van der Waals surface area (Å²) >= 11 is 0. The van der Waals surface area contributed by atoms with Gasteiger partial charge in [0.25, 0.3) is 0 Å². The maximum Gasteiger partial charge on any atom is 0.243 e. The predicted octanol–water partition coefficient (Wildman–Crippen LogP) is 1.49. The second kappa shape index (κ2) is 6.06. The van der Waals surface area contributed by atoms with Crippen molar-refractivity contribution < 1.29 is 17.9 Å². The highest BCUT2D eigenvalue weighted by Gasteiger charge is 2.34. The average Bonchev–Trinajstić information content (AvgIpc) is 2.94. The van der Waals surface area contributed by atoms with Crippen LogP contribution < -0.4 is 14.8 Å². The molecule has 1 N–H and O–H groups in total. The first-order valence-electron chi connectivity index (χ1n) is 7.67. The van der Waals surface area contributed by atoms with E-state index >= 15 is 0 Å². The van der Waals surface area contributed by atoms with Crippen molar-refractivity contribution in [1.29, 1.82) is 0 Å². The summed E-state index contributed by atoms with van der Waals surface area (Å²) in [4.78, 5) is 0.319. The smallest absolute Gasteiger partial charge is 0.243 e. The lowest BCUT2D eigenvalue weighted by molar-refractivity contribution is 0.174. The van der Waals surface area contributed by atoms with Crippen LogP contribution in [0.3, 0.4) is 0 Å². The summed E-state index contributed by atoms with van der Waals surface area (Å²) in [5, 5.41) is 3.28. The maximum atomic E-state index is 13.1. The van der Waals surface area contributed by atoms with Crippen LogP contribution in [0.4, 0.5) is 0 Å². The Morgan fingerprint density at radius 2 is 2.05 bits per heavy atom. The first-order chi connectivity index (χ1) is 10.5. The molecule has 7 heteroatoms. The van der Waals surface area contributed by atoms with E-state index in [1.54, 1.807) is 23.4 Å². The summed E-state index contributed by atoms with van der Waals surface area (Å²) in [5.41, 5.74) is 0.693. The zero-order valence-corrected chi connectivity index (χ0v) is 13.8. The number of rotatable bonds is 4. The minimum Gasteiger partial charge on any atom is -0.454 e. The first-order valence-corrected chi connectivity index (χ1v) is 9.11. The molecule has 0 amide bonds. The van der Waals surface area contributed by atoms with Gasteiger partial charge in [0.1, 0.15) is 0 Å². The minimum atomic E-state index is -3.53. The standard InChI is InChI=1S/C15H22N2O4S/c1-3-4-12-9-16-5-6-17(12)22(18,19)15-8-14-13(7-11(15)2)20-10-21-14/h7-8,12,16H,3-6,9-10H2,1-2H3. The lowest BCUT2D eigenvalue weighted by Gasteiger charge is -2.35. The fourth-order valence-electron chi connectivity index (χ4n) is 3.07. The van der Waals surface area contributed by atoms with E-state index in [-0.39, 0.29) is 12.8 Å². The Labute approximate surface area is 131 Å². The molecular formula is C15H22N2O4S. The number of piperazine rings is 1. The number of hydrogen-bond acceptors (Lipinski definition) is 5. The molecule has 122 valence electrons. The largest absolute Gasteiger partial charge is 0.454 e. The van der Waals surface area contributed by atoms with E-state index in [4.69, 9.17) is 9.47 Å². The summed E-state index contributed by atoms with van der Waals surface area (Å²) in [6.07, 6.45) is 1.81. The van der Waals surface area contributed by atoms with Gasteiger partial charge in [0, 0.05) is 31.7 Å². The number of sulfonamides is 1. The molecule has 0 saturated carbocycles. The molecule has 1 aromatic carbocycles. The fourth-order valence-corrected chi connectivity index (χ4v) is 4.95. The highest BCUT2D eigenvalue weighted by Crippen LogP contribution is 2.37. The molecule has 2 aliphatic heterocycles. The summed E-state index contributed by atoms with van der Waals surface area (Å²) < 4.78 is 38.5. The highest BCUT2D eigenvalue weighted by atomic mass is 32.2. The Morgan fingerprint density at radius 3 is 2.77 bits per heavy atom. The molecule has 0 aromatic heterocycles. The summed E-state index contributed by atoms with van der Waals surface area (Å²) in [6, 6.07) is 3.35. The van der Waals surface area contributed by atoms with Crippen LogP contribution in [0.2, 0.25) is 0 Å². The van der Waals surface area contributed by atoms with Crippen molar-refractivity contribution in [2.75, 3.05) is 26.4 Å². The number of ether oxygens (including phenoxy) is 2. The van der Waals surface area contributed by atoms with Crippen molar-refractivity contribution in [2.45, 2.75) is 37.6 Å². The third-order valence-corrected chi connectivity index (χ3v) is 6.27. The molecule has 1 fully saturated rings. The second-order valence-electron chi connectivity index (χ2n) is 5.73. The molecule has 3 rings (SSSR count). The van der Waals surface area contributed by atoms with E-state index in [1.807, 2.05) is 0 Å². The van der Waals surface area contributed by atoms with Gasteiger partial charge in [-0.15, -0.1) is 0 Å². The van der Waals surface area contributed by atoms with Gasteiger partial charge in [0.05, 0.1) is 4.90 Å². The summed E-state index contributed by atoms with van der Waals surface area (Å²) in [6.45, 7) is 5.90. The van der Waals surface area contributed by atoms with Crippen LogP contribution in [0.1, 0.15) is 25.3 Å². The Kier molecular flexibility index (Phi) is 4.29. The number of nitrogens with zero attached hydrogens (tertiary/aromatic N) is 1.